The van der Waals surface area contributed by atoms with Gasteiger partial charge in [-0.1, -0.05) is 35.9 Å². The van der Waals surface area contributed by atoms with E-state index in [0.29, 0.717) is 34.9 Å². The van der Waals surface area contributed by atoms with E-state index in [0.717, 1.165) is 18.4 Å². The Kier molecular flexibility index (Phi) is 5.68. The standard InChI is InChI=1S/C23H21ClO6/c1-27-20-13-15(8-9-19(20)28-14-16-6-2-3-7-18(16)24)12-17-21(25)29-23(30-22(17)26)10-4-5-11-23/h2-3,6-9,12-13H,4-5,10-11,14H2,1H3. The molecule has 2 aromatic rings. The number of carbonyl (C=O) groups excluding carboxylic acids is 2. The minimum absolute atomic E-state index is 0.140. The predicted molar refractivity (Wildman–Crippen MR) is 110 cm³/mol. The first-order chi connectivity index (χ1) is 14.5. The molecule has 0 amide bonds. The van der Waals surface area contributed by atoms with Crippen LogP contribution in [-0.4, -0.2) is 24.8 Å². The number of benzene rings is 2. The van der Waals surface area contributed by atoms with Gasteiger partial charge in [0.1, 0.15) is 12.2 Å². The highest BCUT2D eigenvalue weighted by atomic mass is 35.5. The molecule has 156 valence electrons. The van der Waals surface area contributed by atoms with Crippen molar-refractivity contribution in [1.29, 1.82) is 0 Å². The van der Waals surface area contributed by atoms with Crippen LogP contribution < -0.4 is 9.47 Å². The van der Waals surface area contributed by atoms with Crippen molar-refractivity contribution in [2.24, 2.45) is 0 Å². The molecule has 4 rings (SSSR count). The van der Waals surface area contributed by atoms with Crippen molar-refractivity contribution in [2.45, 2.75) is 38.1 Å². The Bertz CT molecular complexity index is 985. The fraction of sp³-hybridized carbons (Fsp3) is 0.304. The molecule has 2 fully saturated rings. The Morgan fingerprint density at radius 1 is 1.03 bits per heavy atom. The third-order valence-corrected chi connectivity index (χ3v) is 5.57. The van der Waals surface area contributed by atoms with Gasteiger partial charge in [0.2, 0.25) is 0 Å². The minimum Gasteiger partial charge on any atom is -0.493 e. The van der Waals surface area contributed by atoms with Crippen LogP contribution in [0.5, 0.6) is 11.5 Å². The zero-order valence-corrected chi connectivity index (χ0v) is 17.2. The number of rotatable bonds is 5. The van der Waals surface area contributed by atoms with Gasteiger partial charge >= 0.3 is 11.9 Å². The first kappa shape index (κ1) is 20.3. The Morgan fingerprint density at radius 2 is 1.73 bits per heavy atom. The maximum absolute atomic E-state index is 12.4. The minimum atomic E-state index is -1.08. The SMILES string of the molecule is COc1cc(C=C2C(=O)OC3(CCCC3)OC2=O)ccc1OCc1ccccc1Cl. The average molecular weight is 429 g/mol. The summed E-state index contributed by atoms with van der Waals surface area (Å²) in [6, 6.07) is 12.5. The van der Waals surface area contributed by atoms with Gasteiger partial charge < -0.3 is 18.9 Å². The first-order valence-corrected chi connectivity index (χ1v) is 10.1. The van der Waals surface area contributed by atoms with Crippen LogP contribution in [0.4, 0.5) is 0 Å². The number of methoxy groups -OCH3 is 1. The molecule has 2 aromatic carbocycles. The molecule has 1 heterocycles. The third-order valence-electron chi connectivity index (χ3n) is 5.20. The van der Waals surface area contributed by atoms with E-state index in [1.54, 1.807) is 24.3 Å². The van der Waals surface area contributed by atoms with Crippen molar-refractivity contribution in [1.82, 2.24) is 0 Å². The number of carbonyl (C=O) groups is 2. The molecule has 0 atom stereocenters. The molecule has 1 saturated carbocycles. The van der Waals surface area contributed by atoms with Crippen LogP contribution in [0.3, 0.4) is 0 Å². The van der Waals surface area contributed by atoms with Gasteiger partial charge in [0.05, 0.1) is 7.11 Å². The van der Waals surface area contributed by atoms with Crippen molar-refractivity contribution in [3.05, 3.63) is 64.2 Å². The normalized spacial score (nSPS) is 17.5. The van der Waals surface area contributed by atoms with Gasteiger partial charge in [0.25, 0.3) is 5.79 Å². The summed E-state index contributed by atoms with van der Waals surface area (Å²) in [5.74, 6) is -1.43. The maximum atomic E-state index is 12.4. The van der Waals surface area contributed by atoms with Crippen LogP contribution in [-0.2, 0) is 25.7 Å². The topological polar surface area (TPSA) is 71.1 Å². The van der Waals surface area contributed by atoms with E-state index >= 15 is 0 Å². The second kappa shape index (κ2) is 8.40. The van der Waals surface area contributed by atoms with Gasteiger partial charge in [-0.2, -0.15) is 0 Å². The molecule has 0 radical (unpaired) electrons. The summed E-state index contributed by atoms with van der Waals surface area (Å²) >= 11 is 6.16. The molecule has 0 N–H and O–H groups in total. The zero-order chi connectivity index (χ0) is 21.1. The molecule has 1 spiro atoms. The molecule has 1 aliphatic carbocycles. The summed E-state index contributed by atoms with van der Waals surface area (Å²) in [6.07, 6.45) is 4.26. The van der Waals surface area contributed by atoms with Crippen LogP contribution in [0.15, 0.2) is 48.0 Å². The molecule has 0 aromatic heterocycles. The monoisotopic (exact) mass is 428 g/mol. The van der Waals surface area contributed by atoms with E-state index in [-0.39, 0.29) is 12.2 Å². The summed E-state index contributed by atoms with van der Waals surface area (Å²) in [5, 5.41) is 0.618. The Balaban J connectivity index is 1.52. The lowest BCUT2D eigenvalue weighted by molar-refractivity contribution is -0.232. The summed E-state index contributed by atoms with van der Waals surface area (Å²) < 4.78 is 22.1. The number of hydrogen-bond donors (Lipinski definition) is 0. The largest absolute Gasteiger partial charge is 0.493 e. The van der Waals surface area contributed by atoms with Gasteiger partial charge in [-0.3, -0.25) is 0 Å². The van der Waals surface area contributed by atoms with E-state index in [4.69, 9.17) is 30.5 Å². The van der Waals surface area contributed by atoms with Crippen LogP contribution >= 0.6 is 11.6 Å². The zero-order valence-electron chi connectivity index (χ0n) is 16.5. The molecular formula is C23H21ClO6. The predicted octanol–water partition coefficient (Wildman–Crippen LogP) is 4.68. The Labute approximate surface area is 179 Å². The molecule has 0 unspecified atom stereocenters. The van der Waals surface area contributed by atoms with Crippen LogP contribution in [0, 0.1) is 0 Å². The second-order valence-electron chi connectivity index (χ2n) is 7.25. The first-order valence-electron chi connectivity index (χ1n) is 9.72. The Morgan fingerprint density at radius 3 is 2.40 bits per heavy atom. The van der Waals surface area contributed by atoms with Crippen molar-refractivity contribution >= 4 is 29.6 Å². The summed E-state index contributed by atoms with van der Waals surface area (Å²) in [4.78, 5) is 24.8. The highest BCUT2D eigenvalue weighted by Gasteiger charge is 2.47. The van der Waals surface area contributed by atoms with Gasteiger partial charge in [-0.25, -0.2) is 9.59 Å². The van der Waals surface area contributed by atoms with Crippen LogP contribution in [0.25, 0.3) is 6.08 Å². The average Bonchev–Trinajstić information content (AvgIpc) is 3.18. The molecule has 6 nitrogen and oxygen atoms in total. The van der Waals surface area contributed by atoms with Crippen LogP contribution in [0.1, 0.15) is 36.8 Å². The Hall–Kier alpha value is -2.99. The highest BCUT2D eigenvalue weighted by Crippen LogP contribution is 2.39. The smallest absolute Gasteiger partial charge is 0.348 e. The van der Waals surface area contributed by atoms with E-state index in [2.05, 4.69) is 0 Å². The lowest BCUT2D eigenvalue weighted by atomic mass is 10.1. The lowest BCUT2D eigenvalue weighted by Crippen LogP contribution is -2.44. The number of hydrogen-bond acceptors (Lipinski definition) is 6. The summed E-state index contributed by atoms with van der Waals surface area (Å²) in [5.41, 5.74) is 1.29. The fourth-order valence-corrected chi connectivity index (χ4v) is 3.81. The molecule has 7 heteroatoms. The van der Waals surface area contributed by atoms with E-state index in [1.807, 2.05) is 18.2 Å². The van der Waals surface area contributed by atoms with Gasteiger partial charge in [0, 0.05) is 23.4 Å². The molecule has 30 heavy (non-hydrogen) atoms. The second-order valence-corrected chi connectivity index (χ2v) is 7.65. The third kappa shape index (κ3) is 4.14. The molecule has 0 bridgehead atoms. The lowest BCUT2D eigenvalue weighted by Gasteiger charge is -2.32. The van der Waals surface area contributed by atoms with Crippen molar-refractivity contribution < 1.29 is 28.5 Å². The van der Waals surface area contributed by atoms with Gasteiger partial charge in [0.15, 0.2) is 11.5 Å². The van der Waals surface area contributed by atoms with Gasteiger partial charge in [-0.15, -0.1) is 0 Å². The summed E-state index contributed by atoms with van der Waals surface area (Å²) in [6.45, 7) is 0.275. The maximum Gasteiger partial charge on any atom is 0.348 e. The van der Waals surface area contributed by atoms with Crippen LogP contribution in [0.2, 0.25) is 5.02 Å². The quantitative estimate of drug-likeness (QED) is 0.391. The summed E-state index contributed by atoms with van der Waals surface area (Å²) in [7, 11) is 1.52. The van der Waals surface area contributed by atoms with E-state index in [9.17, 15) is 9.59 Å². The number of halogens is 1. The molecular weight excluding hydrogens is 408 g/mol. The molecule has 1 saturated heterocycles. The fourth-order valence-electron chi connectivity index (χ4n) is 3.62. The van der Waals surface area contributed by atoms with Crippen molar-refractivity contribution in [3.8, 4) is 11.5 Å². The van der Waals surface area contributed by atoms with E-state index in [1.165, 1.54) is 13.2 Å². The number of esters is 2. The van der Waals surface area contributed by atoms with Crippen molar-refractivity contribution in [2.75, 3.05) is 7.11 Å². The highest BCUT2D eigenvalue weighted by molar-refractivity contribution is 6.31. The molecule has 2 aliphatic rings. The van der Waals surface area contributed by atoms with E-state index < -0.39 is 17.7 Å². The van der Waals surface area contributed by atoms with Crippen molar-refractivity contribution in [3.63, 3.8) is 0 Å². The van der Waals surface area contributed by atoms with Gasteiger partial charge in [-0.05, 0) is 42.7 Å². The molecule has 1 aliphatic heterocycles. The number of ether oxygens (including phenoxy) is 4.